The van der Waals surface area contributed by atoms with Crippen molar-refractivity contribution >= 4 is 0 Å². The summed E-state index contributed by atoms with van der Waals surface area (Å²) in [5.41, 5.74) is 0. The molecule has 0 aromatic heterocycles. The van der Waals surface area contributed by atoms with Gasteiger partial charge in [-0.2, -0.15) is 0 Å². The van der Waals surface area contributed by atoms with Gasteiger partial charge >= 0.3 is 0 Å². The Kier molecular flexibility index (Phi) is 7.14. The van der Waals surface area contributed by atoms with Gasteiger partial charge in [0.15, 0.2) is 0 Å². The fourth-order valence-corrected chi connectivity index (χ4v) is 3.13. The molecule has 0 spiro atoms. The maximum absolute atomic E-state index is 3.73. The molecule has 1 aliphatic carbocycles. The van der Waals surface area contributed by atoms with Crippen LogP contribution in [0.2, 0.25) is 0 Å². The van der Waals surface area contributed by atoms with Gasteiger partial charge in [-0.1, -0.05) is 33.6 Å². The predicted octanol–water partition coefficient (Wildman–Crippen LogP) is 3.28. The van der Waals surface area contributed by atoms with E-state index in [0.717, 1.165) is 24.5 Å². The summed E-state index contributed by atoms with van der Waals surface area (Å²) < 4.78 is 0. The second kappa shape index (κ2) is 8.10. The van der Waals surface area contributed by atoms with E-state index in [9.17, 15) is 0 Å². The van der Waals surface area contributed by atoms with Gasteiger partial charge in [0, 0.05) is 18.6 Å². The van der Waals surface area contributed by atoms with Crippen LogP contribution in [0, 0.1) is 5.92 Å². The van der Waals surface area contributed by atoms with E-state index in [1.165, 1.54) is 45.2 Å². The van der Waals surface area contributed by atoms with Crippen molar-refractivity contribution in [3.63, 3.8) is 0 Å². The molecule has 0 radical (unpaired) electrons. The van der Waals surface area contributed by atoms with E-state index in [1.807, 2.05) is 0 Å². The van der Waals surface area contributed by atoms with Gasteiger partial charge in [0.25, 0.3) is 0 Å². The Labute approximate surface area is 108 Å². The van der Waals surface area contributed by atoms with Crippen LogP contribution in [0.4, 0.5) is 0 Å². The average molecular weight is 240 g/mol. The number of rotatable bonds is 8. The molecule has 2 unspecified atom stereocenters. The van der Waals surface area contributed by atoms with E-state index in [2.05, 4.69) is 37.9 Å². The minimum absolute atomic E-state index is 0.719. The molecule has 0 aromatic carbocycles. The molecule has 17 heavy (non-hydrogen) atoms. The minimum atomic E-state index is 0.719. The summed E-state index contributed by atoms with van der Waals surface area (Å²) in [5.74, 6) is 0.924. The van der Waals surface area contributed by atoms with Crippen molar-refractivity contribution in [1.82, 2.24) is 10.2 Å². The number of nitrogens with zero attached hydrogens (tertiary/aromatic N) is 1. The lowest BCUT2D eigenvalue weighted by Crippen LogP contribution is -2.47. The second-order valence-electron chi connectivity index (χ2n) is 5.55. The first-order valence-corrected chi connectivity index (χ1v) is 7.70. The maximum Gasteiger partial charge on any atom is 0.0223 e. The molecule has 0 amide bonds. The van der Waals surface area contributed by atoms with E-state index < -0.39 is 0 Å². The first kappa shape index (κ1) is 15.0. The maximum atomic E-state index is 3.73. The molecule has 0 aliphatic heterocycles. The van der Waals surface area contributed by atoms with Crippen LogP contribution in [0.15, 0.2) is 0 Å². The molecule has 1 N–H and O–H groups in total. The fraction of sp³-hybridized carbons (Fsp3) is 1.00. The van der Waals surface area contributed by atoms with Crippen molar-refractivity contribution in [2.24, 2.45) is 5.92 Å². The summed E-state index contributed by atoms with van der Waals surface area (Å²) >= 11 is 0. The molecule has 0 aromatic rings. The van der Waals surface area contributed by atoms with Crippen LogP contribution < -0.4 is 5.32 Å². The van der Waals surface area contributed by atoms with Gasteiger partial charge in [0.05, 0.1) is 0 Å². The summed E-state index contributed by atoms with van der Waals surface area (Å²) in [4.78, 5) is 2.64. The van der Waals surface area contributed by atoms with Crippen LogP contribution in [-0.4, -0.2) is 36.6 Å². The Bertz CT molecular complexity index is 187. The zero-order valence-electron chi connectivity index (χ0n) is 12.3. The summed E-state index contributed by atoms with van der Waals surface area (Å²) in [6.07, 6.45) is 7.03. The first-order valence-electron chi connectivity index (χ1n) is 7.70. The number of hydrogen-bond donors (Lipinski definition) is 1. The van der Waals surface area contributed by atoms with Gasteiger partial charge in [-0.25, -0.2) is 0 Å². The predicted molar refractivity (Wildman–Crippen MR) is 76.4 cm³/mol. The molecule has 1 aliphatic rings. The Morgan fingerprint density at radius 2 is 1.82 bits per heavy atom. The Morgan fingerprint density at radius 1 is 1.18 bits per heavy atom. The van der Waals surface area contributed by atoms with Crippen LogP contribution in [0.5, 0.6) is 0 Å². The number of likely N-dealkylation sites (N-methyl/N-ethyl adjacent to an activating group) is 2. The van der Waals surface area contributed by atoms with Gasteiger partial charge < -0.3 is 5.32 Å². The van der Waals surface area contributed by atoms with Gasteiger partial charge in [0.1, 0.15) is 0 Å². The van der Waals surface area contributed by atoms with Gasteiger partial charge in [-0.05, 0) is 45.2 Å². The molecule has 2 atom stereocenters. The smallest absolute Gasteiger partial charge is 0.0223 e. The van der Waals surface area contributed by atoms with Crippen LogP contribution in [0.25, 0.3) is 0 Å². The first-order chi connectivity index (χ1) is 8.22. The molecule has 2 heteroatoms. The van der Waals surface area contributed by atoms with E-state index in [1.54, 1.807) is 0 Å². The van der Waals surface area contributed by atoms with Crippen molar-refractivity contribution < 1.29 is 0 Å². The lowest BCUT2D eigenvalue weighted by atomic mass is 9.97. The molecule has 1 rings (SSSR count). The van der Waals surface area contributed by atoms with Crippen molar-refractivity contribution in [2.45, 2.75) is 71.9 Å². The van der Waals surface area contributed by atoms with E-state index in [-0.39, 0.29) is 0 Å². The van der Waals surface area contributed by atoms with Crippen LogP contribution in [-0.2, 0) is 0 Å². The van der Waals surface area contributed by atoms with E-state index in [0.29, 0.717) is 0 Å². The largest absolute Gasteiger partial charge is 0.313 e. The third-order valence-corrected chi connectivity index (χ3v) is 4.49. The average Bonchev–Trinajstić information content (AvgIpc) is 2.87. The highest BCUT2D eigenvalue weighted by atomic mass is 15.2. The molecule has 2 nitrogen and oxygen atoms in total. The van der Waals surface area contributed by atoms with Crippen molar-refractivity contribution in [3.05, 3.63) is 0 Å². The van der Waals surface area contributed by atoms with Gasteiger partial charge in [0.2, 0.25) is 0 Å². The van der Waals surface area contributed by atoms with E-state index >= 15 is 0 Å². The minimum Gasteiger partial charge on any atom is -0.313 e. The van der Waals surface area contributed by atoms with Crippen molar-refractivity contribution in [1.29, 1.82) is 0 Å². The standard InChI is InChI=1S/C15H32N2/c1-5-13(4)17(7-3)12-15(16-6-2)14-10-8-9-11-14/h13-16H,5-12H2,1-4H3. The Balaban J connectivity index is 2.50. The van der Waals surface area contributed by atoms with Crippen LogP contribution in [0.1, 0.15) is 59.8 Å². The highest BCUT2D eigenvalue weighted by Crippen LogP contribution is 2.28. The molecule has 0 heterocycles. The van der Waals surface area contributed by atoms with Gasteiger partial charge in [-0.15, -0.1) is 0 Å². The molecule has 0 bridgehead atoms. The second-order valence-corrected chi connectivity index (χ2v) is 5.55. The lowest BCUT2D eigenvalue weighted by Gasteiger charge is -2.34. The summed E-state index contributed by atoms with van der Waals surface area (Å²) in [5, 5.41) is 3.73. The number of nitrogens with one attached hydrogen (secondary N) is 1. The fourth-order valence-electron chi connectivity index (χ4n) is 3.13. The lowest BCUT2D eigenvalue weighted by molar-refractivity contribution is 0.169. The highest BCUT2D eigenvalue weighted by molar-refractivity contribution is 4.84. The molecule has 102 valence electrons. The van der Waals surface area contributed by atoms with Crippen molar-refractivity contribution in [3.8, 4) is 0 Å². The topological polar surface area (TPSA) is 15.3 Å². The highest BCUT2D eigenvalue weighted by Gasteiger charge is 2.26. The van der Waals surface area contributed by atoms with Gasteiger partial charge in [-0.3, -0.25) is 4.90 Å². The number of hydrogen-bond acceptors (Lipinski definition) is 2. The molecular weight excluding hydrogens is 208 g/mol. The summed E-state index contributed by atoms with van der Waals surface area (Å²) in [6, 6.07) is 1.44. The van der Waals surface area contributed by atoms with Crippen LogP contribution in [0.3, 0.4) is 0 Å². The third-order valence-electron chi connectivity index (χ3n) is 4.49. The quantitative estimate of drug-likeness (QED) is 0.700. The third kappa shape index (κ3) is 4.59. The monoisotopic (exact) mass is 240 g/mol. The Morgan fingerprint density at radius 3 is 2.29 bits per heavy atom. The molecular formula is C15H32N2. The zero-order chi connectivity index (χ0) is 12.7. The Hall–Kier alpha value is -0.0800. The van der Waals surface area contributed by atoms with E-state index in [4.69, 9.17) is 0 Å². The molecule has 1 saturated carbocycles. The molecule has 1 fully saturated rings. The van der Waals surface area contributed by atoms with Crippen LogP contribution >= 0.6 is 0 Å². The van der Waals surface area contributed by atoms with Crippen molar-refractivity contribution in [2.75, 3.05) is 19.6 Å². The molecule has 0 saturated heterocycles. The zero-order valence-corrected chi connectivity index (χ0v) is 12.3. The normalized spacial score (nSPS) is 21.0. The SMILES string of the molecule is CCNC(CN(CC)C(C)CC)C1CCCC1. The summed E-state index contributed by atoms with van der Waals surface area (Å²) in [6.45, 7) is 12.7. The summed E-state index contributed by atoms with van der Waals surface area (Å²) in [7, 11) is 0.